The molecule has 2 amide bonds. The van der Waals surface area contributed by atoms with Gasteiger partial charge in [-0.05, 0) is 43.7 Å². The zero-order valence-electron chi connectivity index (χ0n) is 16.3. The van der Waals surface area contributed by atoms with Gasteiger partial charge < -0.3 is 5.32 Å². The van der Waals surface area contributed by atoms with Crippen LogP contribution < -0.4 is 10.2 Å². The lowest BCUT2D eigenvalue weighted by Crippen LogP contribution is -2.37. The number of nitrogens with one attached hydrogen (secondary N) is 1. The van der Waals surface area contributed by atoms with Gasteiger partial charge in [-0.1, -0.05) is 54.1 Å². The van der Waals surface area contributed by atoms with Crippen LogP contribution in [0.25, 0.3) is 0 Å². The molecule has 0 spiro atoms. The number of fused-ring (bicyclic) bond motifs is 1. The summed E-state index contributed by atoms with van der Waals surface area (Å²) in [7, 11) is 0. The van der Waals surface area contributed by atoms with E-state index in [-0.39, 0.29) is 18.4 Å². The highest BCUT2D eigenvalue weighted by Gasteiger charge is 2.34. The number of anilines is 2. The van der Waals surface area contributed by atoms with Crippen molar-refractivity contribution < 1.29 is 9.59 Å². The summed E-state index contributed by atoms with van der Waals surface area (Å²) in [5, 5.41) is 2.91. The molecule has 1 heterocycles. The molecule has 1 aliphatic rings. The fourth-order valence-electron chi connectivity index (χ4n) is 3.45. The normalized spacial score (nSPS) is 14.2. The second kappa shape index (κ2) is 7.72. The molecule has 0 saturated heterocycles. The van der Waals surface area contributed by atoms with E-state index in [2.05, 4.69) is 10.3 Å². The fourth-order valence-corrected chi connectivity index (χ4v) is 3.45. The van der Waals surface area contributed by atoms with Crippen LogP contribution in [0.1, 0.15) is 16.7 Å². The van der Waals surface area contributed by atoms with Crippen molar-refractivity contribution >= 4 is 34.6 Å². The van der Waals surface area contributed by atoms with Crippen LogP contribution >= 0.6 is 0 Å². The molecule has 0 aromatic heterocycles. The molecule has 0 aliphatic carbocycles. The van der Waals surface area contributed by atoms with Crippen LogP contribution in [0, 0.1) is 13.8 Å². The first-order chi connectivity index (χ1) is 14.0. The van der Waals surface area contributed by atoms with Gasteiger partial charge in [-0.2, -0.15) is 0 Å². The monoisotopic (exact) mass is 383 g/mol. The number of aryl methyl sites for hydroxylation is 2. The van der Waals surface area contributed by atoms with Crippen LogP contribution in [0.15, 0.2) is 77.8 Å². The Morgan fingerprint density at radius 3 is 2.45 bits per heavy atom. The number of carbonyl (C=O) groups excluding carboxylic acids is 2. The minimum atomic E-state index is -0.272. The molecule has 0 fully saturated rings. The van der Waals surface area contributed by atoms with Gasteiger partial charge in [0.1, 0.15) is 12.3 Å². The van der Waals surface area contributed by atoms with E-state index in [0.717, 1.165) is 22.4 Å². The summed E-state index contributed by atoms with van der Waals surface area (Å²) < 4.78 is 0. The number of aliphatic imine (C=N–C) groups is 1. The highest BCUT2D eigenvalue weighted by molar-refractivity contribution is 6.55. The summed E-state index contributed by atoms with van der Waals surface area (Å²) in [6.45, 7) is 3.88. The number of para-hydroxylation sites is 2. The molecule has 5 heteroatoms. The lowest BCUT2D eigenvalue weighted by molar-refractivity contribution is -0.118. The highest BCUT2D eigenvalue weighted by Crippen LogP contribution is 2.30. The lowest BCUT2D eigenvalue weighted by atomic mass is 10.1. The van der Waals surface area contributed by atoms with Crippen molar-refractivity contribution in [3.8, 4) is 0 Å². The van der Waals surface area contributed by atoms with Crippen LogP contribution in [0.4, 0.5) is 17.1 Å². The van der Waals surface area contributed by atoms with E-state index in [1.807, 2.05) is 86.6 Å². The minimum absolute atomic E-state index is 0.0724. The minimum Gasteiger partial charge on any atom is -0.324 e. The number of rotatable bonds is 4. The van der Waals surface area contributed by atoms with E-state index in [1.165, 1.54) is 4.90 Å². The molecule has 4 rings (SSSR count). The Kier molecular flexibility index (Phi) is 4.96. The number of carbonyl (C=O) groups is 2. The molecule has 0 radical (unpaired) electrons. The Labute approximate surface area is 169 Å². The maximum atomic E-state index is 13.1. The van der Waals surface area contributed by atoms with Gasteiger partial charge in [0.15, 0.2) is 0 Å². The SMILES string of the molecule is Cc1ccc(NC(=O)CN2C(=O)C(=Nc3ccccc3)c3ccccc32)c(C)c1. The topological polar surface area (TPSA) is 61.8 Å². The Morgan fingerprint density at radius 1 is 0.966 bits per heavy atom. The molecule has 0 atom stereocenters. The first kappa shape index (κ1) is 18.6. The molecular formula is C24H21N3O2. The predicted molar refractivity (Wildman–Crippen MR) is 116 cm³/mol. The van der Waals surface area contributed by atoms with Crippen LogP contribution in [0.5, 0.6) is 0 Å². The number of benzene rings is 3. The Bertz CT molecular complexity index is 1120. The molecule has 5 nitrogen and oxygen atoms in total. The molecule has 3 aromatic carbocycles. The van der Waals surface area contributed by atoms with Gasteiger partial charge in [0.25, 0.3) is 5.91 Å². The van der Waals surface area contributed by atoms with Gasteiger partial charge >= 0.3 is 0 Å². The standard InChI is InChI=1S/C24H21N3O2/c1-16-12-13-20(17(2)14-16)26-22(28)15-27-21-11-7-6-10-19(21)23(24(27)29)25-18-8-4-3-5-9-18/h3-14H,15H2,1-2H3,(H,26,28). The number of hydrogen-bond acceptors (Lipinski definition) is 3. The summed E-state index contributed by atoms with van der Waals surface area (Å²) >= 11 is 0. The summed E-state index contributed by atoms with van der Waals surface area (Å²) in [4.78, 5) is 31.8. The van der Waals surface area contributed by atoms with Crippen LogP contribution in [0.2, 0.25) is 0 Å². The maximum absolute atomic E-state index is 13.1. The average molecular weight is 383 g/mol. The second-order valence-electron chi connectivity index (χ2n) is 7.07. The Balaban J connectivity index is 1.60. The average Bonchev–Trinajstić information content (AvgIpc) is 2.97. The van der Waals surface area contributed by atoms with E-state index in [0.29, 0.717) is 17.1 Å². The third kappa shape index (κ3) is 3.80. The summed E-state index contributed by atoms with van der Waals surface area (Å²) in [5.74, 6) is -0.521. The molecule has 1 aliphatic heterocycles. The molecular weight excluding hydrogens is 362 g/mol. The Morgan fingerprint density at radius 2 is 1.69 bits per heavy atom. The zero-order chi connectivity index (χ0) is 20.4. The van der Waals surface area contributed by atoms with E-state index < -0.39 is 0 Å². The first-order valence-electron chi connectivity index (χ1n) is 9.45. The maximum Gasteiger partial charge on any atom is 0.278 e. The third-order valence-electron chi connectivity index (χ3n) is 4.85. The van der Waals surface area contributed by atoms with Gasteiger partial charge in [-0.15, -0.1) is 0 Å². The molecule has 0 saturated carbocycles. The molecule has 144 valence electrons. The molecule has 1 N–H and O–H groups in total. The summed E-state index contributed by atoms with van der Waals surface area (Å²) in [6, 6.07) is 22.6. The number of amides is 2. The zero-order valence-corrected chi connectivity index (χ0v) is 16.3. The van der Waals surface area contributed by atoms with Crippen molar-refractivity contribution in [1.29, 1.82) is 0 Å². The third-order valence-corrected chi connectivity index (χ3v) is 4.85. The van der Waals surface area contributed by atoms with Crippen molar-refractivity contribution in [2.24, 2.45) is 4.99 Å². The van der Waals surface area contributed by atoms with E-state index in [1.54, 1.807) is 0 Å². The Hall–Kier alpha value is -3.73. The van der Waals surface area contributed by atoms with Crippen molar-refractivity contribution in [2.75, 3.05) is 16.8 Å². The van der Waals surface area contributed by atoms with Crippen molar-refractivity contribution in [3.05, 3.63) is 89.5 Å². The van der Waals surface area contributed by atoms with E-state index >= 15 is 0 Å². The molecule has 0 unspecified atom stereocenters. The largest absolute Gasteiger partial charge is 0.324 e. The quantitative estimate of drug-likeness (QED) is 0.725. The second-order valence-corrected chi connectivity index (χ2v) is 7.07. The van der Waals surface area contributed by atoms with E-state index in [9.17, 15) is 9.59 Å². The molecule has 29 heavy (non-hydrogen) atoms. The van der Waals surface area contributed by atoms with Crippen LogP contribution in [0.3, 0.4) is 0 Å². The molecule has 0 bridgehead atoms. The number of nitrogens with zero attached hydrogens (tertiary/aromatic N) is 2. The predicted octanol–water partition coefficient (Wildman–Crippen LogP) is 4.41. The van der Waals surface area contributed by atoms with Gasteiger partial charge in [-0.25, -0.2) is 4.99 Å². The highest BCUT2D eigenvalue weighted by atomic mass is 16.2. The van der Waals surface area contributed by atoms with Gasteiger partial charge in [0, 0.05) is 11.3 Å². The van der Waals surface area contributed by atoms with Crippen LogP contribution in [-0.4, -0.2) is 24.1 Å². The van der Waals surface area contributed by atoms with Crippen LogP contribution in [-0.2, 0) is 9.59 Å². The van der Waals surface area contributed by atoms with Crippen molar-refractivity contribution in [2.45, 2.75) is 13.8 Å². The van der Waals surface area contributed by atoms with Gasteiger partial charge in [0.05, 0.1) is 11.4 Å². The smallest absolute Gasteiger partial charge is 0.278 e. The first-order valence-corrected chi connectivity index (χ1v) is 9.45. The molecule has 3 aromatic rings. The number of hydrogen-bond donors (Lipinski definition) is 1. The summed E-state index contributed by atoms with van der Waals surface area (Å²) in [6.07, 6.45) is 0. The fraction of sp³-hybridized carbons (Fsp3) is 0.125. The van der Waals surface area contributed by atoms with Crippen molar-refractivity contribution in [3.63, 3.8) is 0 Å². The van der Waals surface area contributed by atoms with Crippen molar-refractivity contribution in [1.82, 2.24) is 0 Å². The lowest BCUT2D eigenvalue weighted by Gasteiger charge is -2.17. The summed E-state index contributed by atoms with van der Waals surface area (Å²) in [5.41, 5.74) is 5.35. The van der Waals surface area contributed by atoms with E-state index in [4.69, 9.17) is 0 Å². The van der Waals surface area contributed by atoms with Gasteiger partial charge in [-0.3, -0.25) is 14.5 Å². The van der Waals surface area contributed by atoms with Gasteiger partial charge in [0.2, 0.25) is 5.91 Å².